The van der Waals surface area contributed by atoms with Gasteiger partial charge in [0.05, 0.1) is 8.95 Å². The quantitative estimate of drug-likeness (QED) is 0.208. The molecule has 8 nitrogen and oxygen atoms in total. The number of imidazole rings is 1. The second kappa shape index (κ2) is 26.7. The van der Waals surface area contributed by atoms with Crippen LogP contribution in [-0.2, 0) is 4.74 Å². The molecule has 3 aromatic heterocycles. The van der Waals surface area contributed by atoms with Crippen LogP contribution in [0.15, 0.2) is 130 Å². The summed E-state index contributed by atoms with van der Waals surface area (Å²) in [5.41, 5.74) is 24.8. The van der Waals surface area contributed by atoms with Crippen LogP contribution in [0.4, 0.5) is 10.6 Å². The fraction of sp³-hybridized carbons (Fsp3) is 0.167. The van der Waals surface area contributed by atoms with Crippen LogP contribution in [-0.4, -0.2) is 129 Å². The highest BCUT2D eigenvalue weighted by Crippen LogP contribution is 2.24. The molecule has 0 unspecified atom stereocenters. The van der Waals surface area contributed by atoms with E-state index < -0.39 is 43.6 Å². The highest BCUT2D eigenvalue weighted by Gasteiger charge is 2.30. The summed E-state index contributed by atoms with van der Waals surface area (Å²) in [6.45, 7) is 15.9. The normalized spacial score (nSPS) is 8.63. The lowest BCUT2D eigenvalue weighted by Crippen LogP contribution is -2.67. The number of carbonyl (C=O) groups is 1. The predicted octanol–water partition coefficient (Wildman–Crippen LogP) is 2.44. The van der Waals surface area contributed by atoms with Gasteiger partial charge < -0.3 is 4.74 Å². The molecule has 3 aromatic rings. The van der Waals surface area contributed by atoms with E-state index in [9.17, 15) is 4.79 Å². The number of hydrogen-bond donors (Lipinski definition) is 0. The van der Waals surface area contributed by atoms with Crippen molar-refractivity contribution in [3.05, 3.63) is 130 Å². The summed E-state index contributed by atoms with van der Waals surface area (Å²) in [6, 6.07) is 0. The zero-order valence-electron chi connectivity index (χ0n) is 29.1. The molecular formula is C30H24B12Br2N6O2. The van der Waals surface area contributed by atoms with Crippen molar-refractivity contribution in [2.45, 2.75) is 26.4 Å². The maximum Gasteiger partial charge on any atom is 0.416 e. The Morgan fingerprint density at radius 2 is 1.38 bits per heavy atom. The molecule has 0 bridgehead atoms. The minimum absolute atomic E-state index is 0.310. The van der Waals surface area contributed by atoms with Crippen LogP contribution in [0, 0.1) is 0 Å². The van der Waals surface area contributed by atoms with Crippen LogP contribution in [0.5, 0.6) is 0 Å². The van der Waals surface area contributed by atoms with Gasteiger partial charge in [-0.05, 0) is 112 Å². The average molecular weight is 790 g/mol. The zero-order valence-corrected chi connectivity index (χ0v) is 32.2. The molecule has 52 heavy (non-hydrogen) atoms. The molecule has 22 heteroatoms. The highest BCUT2D eigenvalue weighted by molar-refractivity contribution is 9.11. The Morgan fingerprint density at radius 1 is 0.865 bits per heavy atom. The average Bonchev–Trinajstić information content (AvgIpc) is 3.56. The smallest absolute Gasteiger partial charge is 0.416 e. The lowest BCUT2D eigenvalue weighted by molar-refractivity contribution is 0.0583. The number of aromatic nitrogens is 5. The molecule has 0 aromatic carbocycles. The van der Waals surface area contributed by atoms with E-state index in [1.165, 1.54) is 11.2 Å². The van der Waals surface area contributed by atoms with E-state index in [0.717, 1.165) is 10.1 Å². The largest absolute Gasteiger partial charge is 0.443 e. The summed E-state index contributed by atoms with van der Waals surface area (Å²) in [4.78, 5) is 29.5. The molecule has 0 saturated carbocycles. The predicted molar refractivity (Wildman–Crippen MR) is 230 cm³/mol. The van der Waals surface area contributed by atoms with E-state index >= 15 is 0 Å². The van der Waals surface area contributed by atoms with Crippen LogP contribution in [0.1, 0.15) is 20.8 Å². The maximum absolute atomic E-state index is 12.1. The minimum Gasteiger partial charge on any atom is -0.443 e. The second-order valence-corrected chi connectivity index (χ2v) is 12.4. The SMILES string of the molecule is Brc1cncn2ccnc12.C=C=C=C=C=C=C=C=C=C=C=C.C=CCN(C(=O)OC(C)(C)C)c1ncncc1Br.[B]B([B])B([B])B(B([B])[B])B([B])[B]. The molecule has 236 valence electrons. The van der Waals surface area contributed by atoms with Crippen LogP contribution >= 0.6 is 31.9 Å². The zero-order chi connectivity index (χ0) is 39.7. The van der Waals surface area contributed by atoms with Gasteiger partial charge in [0.1, 0.15) is 18.3 Å². The number of carbonyl (C=O) groups excluding carboxylic acids is 1. The fourth-order valence-corrected chi connectivity index (χ4v) is 4.18. The van der Waals surface area contributed by atoms with E-state index in [4.69, 9.17) is 58.9 Å². The molecule has 0 aliphatic heterocycles. The molecule has 0 aliphatic carbocycles. The lowest BCUT2D eigenvalue weighted by Gasteiger charge is -2.29. The molecule has 3 rings (SSSR count). The van der Waals surface area contributed by atoms with Gasteiger partial charge in [-0.2, -0.15) is 0 Å². The molecular weight excluding hydrogens is 766 g/mol. The van der Waals surface area contributed by atoms with Crippen molar-refractivity contribution in [1.29, 1.82) is 0 Å². The first-order valence-corrected chi connectivity index (χ1v) is 16.4. The van der Waals surface area contributed by atoms with Gasteiger partial charge >= 0.3 is 6.09 Å². The number of nitrogens with zero attached hydrogens (tertiary/aromatic N) is 6. The third kappa shape index (κ3) is 20.1. The second-order valence-electron chi connectivity index (χ2n) is 10.7. The monoisotopic (exact) mass is 790 g/mol. The fourth-order valence-electron chi connectivity index (χ4n) is 3.32. The van der Waals surface area contributed by atoms with Crippen LogP contribution in [0.3, 0.4) is 0 Å². The molecule has 0 aliphatic rings. The van der Waals surface area contributed by atoms with Crippen molar-refractivity contribution < 1.29 is 9.53 Å². The van der Waals surface area contributed by atoms with E-state index in [0.29, 0.717) is 16.8 Å². The van der Waals surface area contributed by atoms with Crippen molar-refractivity contribution in [3.8, 4) is 0 Å². The number of fused-ring (bicyclic) bond motifs is 1. The number of anilines is 1. The van der Waals surface area contributed by atoms with E-state index in [-0.39, 0.29) is 0 Å². The molecule has 0 atom stereocenters. The Kier molecular flexibility index (Phi) is 24.7. The van der Waals surface area contributed by atoms with Gasteiger partial charge in [-0.3, -0.25) is 9.30 Å². The van der Waals surface area contributed by atoms with Gasteiger partial charge in [-0.15, -0.1) is 6.58 Å². The summed E-state index contributed by atoms with van der Waals surface area (Å²) < 4.78 is 8.71. The summed E-state index contributed by atoms with van der Waals surface area (Å²) in [5.74, 6) is 0.458. The number of hydrogen-bond acceptors (Lipinski definition) is 6. The number of halogens is 2. The van der Waals surface area contributed by atoms with E-state index in [2.05, 4.69) is 129 Å². The summed E-state index contributed by atoms with van der Waals surface area (Å²) in [7, 11) is 37.9. The third-order valence-electron chi connectivity index (χ3n) is 5.48. The molecule has 1 amide bonds. The Balaban J connectivity index is 0.000000684. The number of ether oxygens (including phenoxy) is 1. The van der Waals surface area contributed by atoms with Crippen LogP contribution in [0.25, 0.3) is 5.65 Å². The Hall–Kier alpha value is -4.01. The summed E-state index contributed by atoms with van der Waals surface area (Å²) in [6.07, 6.45) is 7.90. The molecule has 0 fully saturated rings. The van der Waals surface area contributed by atoms with Crippen molar-refractivity contribution in [1.82, 2.24) is 24.3 Å². The minimum atomic E-state index is -0.723. The van der Waals surface area contributed by atoms with E-state index in [1.807, 2.05) is 31.4 Å². The van der Waals surface area contributed by atoms with Crippen molar-refractivity contribution in [2.75, 3.05) is 11.4 Å². The Morgan fingerprint density at radius 3 is 1.79 bits per heavy atom. The van der Waals surface area contributed by atoms with E-state index in [1.54, 1.807) is 31.0 Å². The van der Waals surface area contributed by atoms with Gasteiger partial charge in [-0.1, -0.05) is 17.5 Å². The lowest BCUT2D eigenvalue weighted by atomic mass is 8.53. The van der Waals surface area contributed by atoms with Gasteiger partial charge in [0, 0.05) is 117 Å². The van der Waals surface area contributed by atoms with Crippen LogP contribution < -0.4 is 4.90 Å². The van der Waals surface area contributed by atoms with Crippen molar-refractivity contribution >= 4 is 136 Å². The van der Waals surface area contributed by atoms with Crippen molar-refractivity contribution in [3.63, 3.8) is 0 Å². The van der Waals surface area contributed by atoms with Gasteiger partial charge in [-0.25, -0.2) is 24.7 Å². The third-order valence-corrected chi connectivity index (χ3v) is 6.60. The summed E-state index contributed by atoms with van der Waals surface area (Å²) >= 11 is 6.64. The Labute approximate surface area is 334 Å². The molecule has 3 heterocycles. The maximum atomic E-state index is 12.1. The van der Waals surface area contributed by atoms with Crippen molar-refractivity contribution in [2.24, 2.45) is 0 Å². The van der Waals surface area contributed by atoms with Gasteiger partial charge in [0.15, 0.2) is 11.5 Å². The molecule has 0 saturated heterocycles. The Bertz CT molecular complexity index is 1940. The van der Waals surface area contributed by atoms with Gasteiger partial charge in [0.25, 0.3) is 0 Å². The molecule has 14 radical (unpaired) electrons. The van der Waals surface area contributed by atoms with Gasteiger partial charge in [0.2, 0.25) is 0 Å². The first-order chi connectivity index (χ1) is 24.5. The number of rotatable bonds is 7. The van der Waals surface area contributed by atoms with Crippen LogP contribution in [0.2, 0.25) is 0 Å². The molecule has 0 N–H and O–H groups in total. The standard InChI is InChI=1S/C12H16BrN3O2.C12H4.C6H4BrN3.B12/c1-5-6-16(11(17)18-12(2,3)4)10-9(13)7-14-8-15-10;1-3-5-7-9-11-12-10-8-6-4-2;7-5-3-8-4-10-2-1-9-6(5)10;1-8(2)11(7)12(9(3)4)10(5)6/h5,7-8H,1,6H2,2-4H3;1-2H2;1-4H;. The number of amides is 1. The topological polar surface area (TPSA) is 85.5 Å². The molecule has 0 spiro atoms. The summed E-state index contributed by atoms with van der Waals surface area (Å²) in [5, 5.41) is 0. The highest BCUT2D eigenvalue weighted by atomic mass is 79.9. The first-order valence-electron chi connectivity index (χ1n) is 14.8. The first kappa shape index (κ1) is 48.0.